The molecule has 258 valence electrons. The van der Waals surface area contributed by atoms with Gasteiger partial charge in [-0.05, 0) is 110 Å². The van der Waals surface area contributed by atoms with E-state index in [-0.39, 0.29) is 12.1 Å². The van der Waals surface area contributed by atoms with Crippen molar-refractivity contribution in [1.29, 1.82) is 0 Å². The highest BCUT2D eigenvalue weighted by molar-refractivity contribution is 5.69. The Morgan fingerprint density at radius 1 is 0.800 bits per heavy atom. The Labute approximate surface area is 280 Å². The van der Waals surface area contributed by atoms with E-state index in [9.17, 15) is 4.79 Å². The summed E-state index contributed by atoms with van der Waals surface area (Å²) in [5.41, 5.74) is 2.69. The highest BCUT2D eigenvalue weighted by Crippen LogP contribution is 2.67. The number of carbonyl (C=O) groups is 1. The topological polar surface area (TPSA) is 26.3 Å². The molecule has 0 radical (unpaired) electrons. The highest BCUT2D eigenvalue weighted by Gasteiger charge is 2.58. The molecule has 3 fully saturated rings. The fraction of sp³-hybridized carbons (Fsp3) is 0.884. The Bertz CT molecular complexity index is 961. The average molecular weight is 623 g/mol. The van der Waals surface area contributed by atoms with Gasteiger partial charge in [-0.3, -0.25) is 4.79 Å². The Hall–Kier alpha value is -1.05. The molecule has 0 heterocycles. The zero-order valence-corrected chi connectivity index (χ0v) is 31.0. The molecule has 4 rings (SSSR count). The number of rotatable bonds is 18. The predicted molar refractivity (Wildman–Crippen MR) is 193 cm³/mol. The van der Waals surface area contributed by atoms with Crippen molar-refractivity contribution in [2.75, 3.05) is 0 Å². The van der Waals surface area contributed by atoms with Gasteiger partial charge in [0.2, 0.25) is 0 Å². The molecule has 0 amide bonds. The third kappa shape index (κ3) is 9.31. The fourth-order valence-electron chi connectivity index (χ4n) is 10.5. The second kappa shape index (κ2) is 17.4. The summed E-state index contributed by atoms with van der Waals surface area (Å²) in [6, 6.07) is 0. The SMILES string of the molecule is CCCCCCCCCCCCCCC(=O)O[C@@H]1CC[C@]2(C)[C@@H](CC=C3[C@@H]4CC[C@H]([C@H](C)/C=C/[C@H](C)C(C)C)[C@]4(C)CC[C@@H]32)C1. The third-order valence-electron chi connectivity index (χ3n) is 14.0. The molecule has 2 nitrogen and oxygen atoms in total. The molecule has 3 saturated carbocycles. The van der Waals surface area contributed by atoms with Crippen LogP contribution in [0.1, 0.15) is 183 Å². The van der Waals surface area contributed by atoms with Crippen LogP contribution in [0.4, 0.5) is 0 Å². The third-order valence-corrected chi connectivity index (χ3v) is 14.0. The van der Waals surface area contributed by atoms with Crippen molar-refractivity contribution in [3.05, 3.63) is 23.8 Å². The summed E-state index contributed by atoms with van der Waals surface area (Å²) < 4.78 is 6.14. The first-order valence-corrected chi connectivity index (χ1v) is 20.2. The number of hydrogen-bond acceptors (Lipinski definition) is 2. The van der Waals surface area contributed by atoms with Gasteiger partial charge in [-0.15, -0.1) is 0 Å². The summed E-state index contributed by atoms with van der Waals surface area (Å²) in [5.74, 6) is 5.13. The van der Waals surface area contributed by atoms with Crippen LogP contribution in [0.2, 0.25) is 0 Å². The van der Waals surface area contributed by atoms with Crippen LogP contribution in [0.5, 0.6) is 0 Å². The molecule has 45 heavy (non-hydrogen) atoms. The first kappa shape index (κ1) is 36.8. The van der Waals surface area contributed by atoms with Gasteiger partial charge in [0, 0.05) is 6.42 Å². The molecule has 0 aromatic carbocycles. The molecule has 4 aliphatic carbocycles. The van der Waals surface area contributed by atoms with Crippen LogP contribution < -0.4 is 0 Å². The van der Waals surface area contributed by atoms with Gasteiger partial charge in [0.15, 0.2) is 0 Å². The van der Waals surface area contributed by atoms with Crippen molar-refractivity contribution in [2.45, 2.75) is 189 Å². The maximum atomic E-state index is 12.8. The minimum atomic E-state index is 0.0686. The first-order valence-electron chi connectivity index (χ1n) is 20.2. The second-order valence-electron chi connectivity index (χ2n) is 17.3. The van der Waals surface area contributed by atoms with Crippen LogP contribution in [0, 0.1) is 52.3 Å². The number of esters is 1. The van der Waals surface area contributed by atoms with Crippen molar-refractivity contribution in [3.8, 4) is 0 Å². The van der Waals surface area contributed by atoms with Gasteiger partial charge in [-0.1, -0.05) is 143 Å². The van der Waals surface area contributed by atoms with E-state index in [0.717, 1.165) is 42.9 Å². The normalized spacial score (nSPS) is 34.2. The van der Waals surface area contributed by atoms with Crippen molar-refractivity contribution < 1.29 is 9.53 Å². The van der Waals surface area contributed by atoms with Crippen LogP contribution in [0.25, 0.3) is 0 Å². The lowest BCUT2D eigenvalue weighted by Crippen LogP contribution is -2.50. The van der Waals surface area contributed by atoms with E-state index in [2.05, 4.69) is 66.7 Å². The number of hydrogen-bond donors (Lipinski definition) is 0. The molecule has 9 atom stereocenters. The minimum Gasteiger partial charge on any atom is -0.462 e. The van der Waals surface area contributed by atoms with Crippen LogP contribution in [0.15, 0.2) is 23.8 Å². The summed E-state index contributed by atoms with van der Waals surface area (Å²) in [6.07, 6.45) is 34.6. The first-order chi connectivity index (χ1) is 21.6. The Kier molecular flexibility index (Phi) is 14.2. The van der Waals surface area contributed by atoms with Gasteiger partial charge in [-0.25, -0.2) is 0 Å². The van der Waals surface area contributed by atoms with Crippen LogP contribution in [0.3, 0.4) is 0 Å². The van der Waals surface area contributed by atoms with E-state index < -0.39 is 0 Å². The lowest BCUT2D eigenvalue weighted by atomic mass is 9.47. The zero-order valence-electron chi connectivity index (χ0n) is 31.0. The Morgan fingerprint density at radius 2 is 1.40 bits per heavy atom. The van der Waals surface area contributed by atoms with E-state index in [1.165, 1.54) is 109 Å². The lowest BCUT2D eigenvalue weighted by molar-refractivity contribution is -0.155. The second-order valence-corrected chi connectivity index (χ2v) is 17.3. The van der Waals surface area contributed by atoms with Crippen molar-refractivity contribution >= 4 is 5.97 Å². The smallest absolute Gasteiger partial charge is 0.306 e. The fourth-order valence-corrected chi connectivity index (χ4v) is 10.5. The number of fused-ring (bicyclic) bond motifs is 5. The van der Waals surface area contributed by atoms with Gasteiger partial charge in [-0.2, -0.15) is 0 Å². The molecule has 0 aromatic rings. The molecule has 4 aliphatic rings. The molecule has 0 aliphatic heterocycles. The van der Waals surface area contributed by atoms with E-state index in [0.29, 0.717) is 35.0 Å². The van der Waals surface area contributed by atoms with Gasteiger partial charge in [0.25, 0.3) is 0 Å². The molecule has 2 heteroatoms. The summed E-state index contributed by atoms with van der Waals surface area (Å²) in [7, 11) is 0. The van der Waals surface area contributed by atoms with Crippen LogP contribution in [-0.4, -0.2) is 12.1 Å². The van der Waals surface area contributed by atoms with Crippen molar-refractivity contribution in [1.82, 2.24) is 0 Å². The molecular formula is C43H74O2. The number of unbranched alkanes of at least 4 members (excludes halogenated alkanes) is 11. The molecule has 0 aromatic heterocycles. The van der Waals surface area contributed by atoms with Crippen molar-refractivity contribution in [3.63, 3.8) is 0 Å². The van der Waals surface area contributed by atoms with E-state index in [4.69, 9.17) is 4.74 Å². The van der Waals surface area contributed by atoms with Crippen LogP contribution in [-0.2, 0) is 9.53 Å². The number of ether oxygens (including phenoxy) is 1. The Balaban J connectivity index is 1.19. The number of carbonyl (C=O) groups excluding carboxylic acids is 1. The van der Waals surface area contributed by atoms with E-state index >= 15 is 0 Å². The molecule has 0 N–H and O–H groups in total. The van der Waals surface area contributed by atoms with E-state index in [1.807, 2.05) is 5.57 Å². The summed E-state index contributed by atoms with van der Waals surface area (Å²) in [4.78, 5) is 12.8. The van der Waals surface area contributed by atoms with Gasteiger partial charge in [0.05, 0.1) is 0 Å². The molecular weight excluding hydrogens is 548 g/mol. The quantitative estimate of drug-likeness (QED) is 0.0863. The standard InChI is InChI=1S/C43H74O2/c1-8-9-10-11-12-13-14-15-16-17-18-19-20-41(44)45-36-27-29-42(6)35(31-36)23-24-37-39-26-25-38(43(39,7)30-28-40(37)42)34(5)22-21-33(4)32(2)3/h21-22,24,32-36,38-40H,8-20,23,25-31H2,1-7H3/b22-21+/t33-,34+,35-,36+,38+,39-,40-,42+,43-/m0/s1. The maximum Gasteiger partial charge on any atom is 0.306 e. The largest absolute Gasteiger partial charge is 0.462 e. The van der Waals surface area contributed by atoms with Crippen LogP contribution >= 0.6 is 0 Å². The lowest BCUT2D eigenvalue weighted by Gasteiger charge is -2.58. The van der Waals surface area contributed by atoms with E-state index in [1.54, 1.807) is 0 Å². The van der Waals surface area contributed by atoms with Gasteiger partial charge >= 0.3 is 5.97 Å². The monoisotopic (exact) mass is 623 g/mol. The predicted octanol–water partition coefficient (Wildman–Crippen LogP) is 13.1. The summed E-state index contributed by atoms with van der Waals surface area (Å²) in [5, 5.41) is 0. The Morgan fingerprint density at radius 3 is 2.04 bits per heavy atom. The minimum absolute atomic E-state index is 0.0686. The van der Waals surface area contributed by atoms with Gasteiger partial charge in [0.1, 0.15) is 6.10 Å². The highest BCUT2D eigenvalue weighted by atomic mass is 16.5. The zero-order chi connectivity index (χ0) is 32.5. The molecule has 0 unspecified atom stereocenters. The van der Waals surface area contributed by atoms with Gasteiger partial charge < -0.3 is 4.74 Å². The number of allylic oxidation sites excluding steroid dienone is 4. The summed E-state index contributed by atoms with van der Waals surface area (Å²) in [6.45, 7) is 17.1. The average Bonchev–Trinajstić information content (AvgIpc) is 3.37. The molecule has 0 spiro atoms. The molecule has 0 saturated heterocycles. The maximum absolute atomic E-state index is 12.8. The molecule has 0 bridgehead atoms. The summed E-state index contributed by atoms with van der Waals surface area (Å²) >= 11 is 0. The van der Waals surface area contributed by atoms with Crippen molar-refractivity contribution in [2.24, 2.45) is 52.3 Å².